The Kier molecular flexibility index (Phi) is 8.13. The highest BCUT2D eigenvalue weighted by molar-refractivity contribution is 5.91. The van der Waals surface area contributed by atoms with E-state index in [0.29, 0.717) is 17.7 Å². The number of ether oxygens (including phenoxy) is 4. The summed E-state index contributed by atoms with van der Waals surface area (Å²) < 4.78 is 64.5. The lowest BCUT2D eigenvalue weighted by Gasteiger charge is -2.12. The van der Waals surface area contributed by atoms with Gasteiger partial charge in [0.05, 0.1) is 35.7 Å². The summed E-state index contributed by atoms with van der Waals surface area (Å²) >= 11 is 0. The van der Waals surface area contributed by atoms with Crippen LogP contribution >= 0.6 is 0 Å². The number of carbonyl (C=O) groups is 2. The van der Waals surface area contributed by atoms with E-state index in [4.69, 9.17) is 18.9 Å². The molecule has 1 aromatic carbocycles. The van der Waals surface area contributed by atoms with Gasteiger partial charge in [-0.1, -0.05) is 6.92 Å². The molecule has 15 heteroatoms. The van der Waals surface area contributed by atoms with Gasteiger partial charge in [0.1, 0.15) is 19.0 Å². The van der Waals surface area contributed by atoms with Gasteiger partial charge in [-0.2, -0.15) is 18.3 Å². The predicted molar refractivity (Wildman–Crippen MR) is 138 cm³/mol. The quantitative estimate of drug-likeness (QED) is 0.228. The lowest BCUT2D eigenvalue weighted by atomic mass is 10.1. The Balaban J connectivity index is 1.27. The molecule has 0 unspecified atom stereocenters. The summed E-state index contributed by atoms with van der Waals surface area (Å²) in [5.74, 6) is -0.900. The fourth-order valence-corrected chi connectivity index (χ4v) is 4.51. The zero-order valence-electron chi connectivity index (χ0n) is 22.5. The zero-order valence-corrected chi connectivity index (χ0v) is 22.5. The smallest absolute Gasteiger partial charge is 0.435 e. The number of hydrogen-bond acceptors (Lipinski definition) is 10. The first kappa shape index (κ1) is 29.0. The van der Waals surface area contributed by atoms with Crippen LogP contribution in [0.5, 0.6) is 11.6 Å². The third kappa shape index (κ3) is 6.06. The van der Waals surface area contributed by atoms with Crippen LogP contribution in [0.4, 0.5) is 13.2 Å². The standard InChI is InChI=1S/C27H26F3N5O7/c1-3-15-10-17(4-5-18(15)25(37)39-8-9-40-26(38)21-11-16(36)14-41-21)42-24-23-32-12-20(35(23)7-6-31-24)19-13-34(2)33-22(19)27(28,29)30/h4-7,10,12-13,16,21,36H,3,8-9,11,14H2,1-2H3/t16-,21+/m1/s1. The number of aryl methyl sites for hydroxylation is 2. The topological polar surface area (TPSA) is 139 Å². The average Bonchev–Trinajstić information content (AvgIpc) is 3.69. The molecule has 12 nitrogen and oxygen atoms in total. The van der Waals surface area contributed by atoms with Crippen molar-refractivity contribution in [2.45, 2.75) is 38.1 Å². The Morgan fingerprint density at radius 2 is 1.98 bits per heavy atom. The van der Waals surface area contributed by atoms with E-state index < -0.39 is 36.0 Å². The molecule has 0 spiro atoms. The molecule has 0 aliphatic carbocycles. The number of halogens is 3. The number of aliphatic hydroxyl groups is 1. The number of imidazole rings is 1. The molecule has 4 heterocycles. The van der Waals surface area contributed by atoms with Crippen LogP contribution in [0.25, 0.3) is 16.9 Å². The average molecular weight is 590 g/mol. The molecule has 0 bridgehead atoms. The van der Waals surface area contributed by atoms with E-state index in [1.807, 2.05) is 6.92 Å². The highest BCUT2D eigenvalue weighted by atomic mass is 19.4. The maximum absolute atomic E-state index is 13.6. The lowest BCUT2D eigenvalue weighted by molar-refractivity contribution is -0.155. The molecule has 0 saturated carbocycles. The van der Waals surface area contributed by atoms with Crippen LogP contribution in [0, 0.1) is 0 Å². The van der Waals surface area contributed by atoms with Gasteiger partial charge in [-0.25, -0.2) is 19.6 Å². The summed E-state index contributed by atoms with van der Waals surface area (Å²) in [4.78, 5) is 33.0. The van der Waals surface area contributed by atoms with Gasteiger partial charge in [0.15, 0.2) is 11.8 Å². The van der Waals surface area contributed by atoms with Crippen molar-refractivity contribution < 1.29 is 46.8 Å². The van der Waals surface area contributed by atoms with Crippen LogP contribution in [0.3, 0.4) is 0 Å². The van der Waals surface area contributed by atoms with Crippen molar-refractivity contribution in [1.29, 1.82) is 0 Å². The van der Waals surface area contributed by atoms with Gasteiger partial charge in [0.25, 0.3) is 5.88 Å². The van der Waals surface area contributed by atoms with Gasteiger partial charge in [0, 0.05) is 32.1 Å². The monoisotopic (exact) mass is 589 g/mol. The first-order chi connectivity index (χ1) is 20.0. The van der Waals surface area contributed by atoms with Crippen LogP contribution in [-0.4, -0.2) is 73.2 Å². The second-order valence-electron chi connectivity index (χ2n) is 9.42. The second-order valence-corrected chi connectivity index (χ2v) is 9.42. The zero-order chi connectivity index (χ0) is 30.0. The van der Waals surface area contributed by atoms with Gasteiger partial charge in [0.2, 0.25) is 5.65 Å². The molecule has 222 valence electrons. The third-order valence-electron chi connectivity index (χ3n) is 6.46. The van der Waals surface area contributed by atoms with Crippen molar-refractivity contribution in [3.63, 3.8) is 0 Å². The van der Waals surface area contributed by atoms with E-state index in [1.165, 1.54) is 48.4 Å². The molecule has 1 saturated heterocycles. The molecule has 0 radical (unpaired) electrons. The van der Waals surface area contributed by atoms with E-state index in [0.717, 1.165) is 4.68 Å². The third-order valence-corrected chi connectivity index (χ3v) is 6.46. The molecule has 42 heavy (non-hydrogen) atoms. The van der Waals surface area contributed by atoms with Gasteiger partial charge in [-0.05, 0) is 30.2 Å². The minimum Gasteiger partial charge on any atom is -0.460 e. The van der Waals surface area contributed by atoms with Crippen molar-refractivity contribution >= 4 is 17.6 Å². The van der Waals surface area contributed by atoms with E-state index in [9.17, 15) is 27.9 Å². The highest BCUT2D eigenvalue weighted by Gasteiger charge is 2.38. The summed E-state index contributed by atoms with van der Waals surface area (Å²) in [5, 5.41) is 13.0. The molecule has 5 rings (SSSR count). The normalized spacial score (nSPS) is 17.0. The minimum atomic E-state index is -4.66. The second kappa shape index (κ2) is 11.8. The molecule has 0 amide bonds. The molecule has 1 fully saturated rings. The first-order valence-electron chi connectivity index (χ1n) is 12.9. The van der Waals surface area contributed by atoms with Crippen molar-refractivity contribution in [3.8, 4) is 22.9 Å². The number of rotatable bonds is 9. The van der Waals surface area contributed by atoms with Gasteiger partial charge >= 0.3 is 18.1 Å². The van der Waals surface area contributed by atoms with Gasteiger partial charge in [-0.3, -0.25) is 9.08 Å². The van der Waals surface area contributed by atoms with E-state index in [1.54, 1.807) is 6.07 Å². The number of aromatic nitrogens is 5. The van der Waals surface area contributed by atoms with Crippen LogP contribution < -0.4 is 4.74 Å². The molecule has 3 aromatic heterocycles. The van der Waals surface area contributed by atoms with E-state index in [2.05, 4.69) is 15.1 Å². The molecule has 2 atom stereocenters. The molecule has 4 aromatic rings. The number of fused-ring (bicyclic) bond motifs is 1. The van der Waals surface area contributed by atoms with E-state index in [-0.39, 0.29) is 54.6 Å². The Labute approximate surface area is 236 Å². The summed E-state index contributed by atoms with van der Waals surface area (Å²) in [6.45, 7) is 1.55. The number of hydrogen-bond donors (Lipinski definition) is 1. The van der Waals surface area contributed by atoms with Crippen molar-refractivity contribution in [1.82, 2.24) is 24.1 Å². The highest BCUT2D eigenvalue weighted by Crippen LogP contribution is 2.37. The Bertz CT molecular complexity index is 1620. The number of benzene rings is 1. The maximum atomic E-state index is 13.6. The number of nitrogens with zero attached hydrogens (tertiary/aromatic N) is 5. The Hall–Kier alpha value is -4.50. The molecule has 1 N–H and O–H groups in total. The van der Waals surface area contributed by atoms with Gasteiger partial charge < -0.3 is 24.1 Å². The van der Waals surface area contributed by atoms with Gasteiger partial charge in [-0.15, -0.1) is 0 Å². The van der Waals surface area contributed by atoms with Crippen LogP contribution in [0.2, 0.25) is 0 Å². The SMILES string of the molecule is CCc1cc(Oc2nccn3c(-c4cn(C)nc4C(F)(F)F)cnc23)ccc1C(=O)OCCOC(=O)[C@@H]1C[C@@H](O)CO1. The maximum Gasteiger partial charge on any atom is 0.435 e. The molecular weight excluding hydrogens is 563 g/mol. The fraction of sp³-hybridized carbons (Fsp3) is 0.370. The Morgan fingerprint density at radius 1 is 1.19 bits per heavy atom. The number of alkyl halides is 3. The summed E-state index contributed by atoms with van der Waals surface area (Å²) in [7, 11) is 1.40. The molecule has 1 aliphatic heterocycles. The van der Waals surface area contributed by atoms with Crippen LogP contribution in [0.15, 0.2) is 43.0 Å². The van der Waals surface area contributed by atoms with Crippen molar-refractivity contribution in [2.24, 2.45) is 7.05 Å². The molecular formula is C27H26F3N5O7. The largest absolute Gasteiger partial charge is 0.460 e. The first-order valence-corrected chi connectivity index (χ1v) is 12.9. The number of esters is 2. The predicted octanol–water partition coefficient (Wildman–Crippen LogP) is 3.35. The minimum absolute atomic E-state index is 0.0409. The summed E-state index contributed by atoms with van der Waals surface area (Å²) in [5.41, 5.74) is 0.0308. The Morgan fingerprint density at radius 3 is 2.69 bits per heavy atom. The molecule has 1 aliphatic rings. The fourth-order valence-electron chi connectivity index (χ4n) is 4.51. The summed E-state index contributed by atoms with van der Waals surface area (Å²) in [6.07, 6.45) is -0.215. The van der Waals surface area contributed by atoms with Crippen molar-refractivity contribution in [2.75, 3.05) is 19.8 Å². The van der Waals surface area contributed by atoms with Crippen LogP contribution in [-0.2, 0) is 38.6 Å². The van der Waals surface area contributed by atoms with Crippen LogP contribution in [0.1, 0.15) is 35.0 Å². The number of carbonyl (C=O) groups excluding carboxylic acids is 2. The van der Waals surface area contributed by atoms with E-state index >= 15 is 0 Å². The lowest BCUT2D eigenvalue weighted by Crippen LogP contribution is -2.24. The summed E-state index contributed by atoms with van der Waals surface area (Å²) in [6, 6.07) is 4.66. The van der Waals surface area contributed by atoms with Crippen molar-refractivity contribution in [3.05, 3.63) is 59.8 Å². The number of aliphatic hydroxyl groups excluding tert-OH is 1.